The number of methoxy groups -OCH3 is 1. The number of halogens is 1. The first-order chi connectivity index (χ1) is 9.02. The highest BCUT2D eigenvalue weighted by Gasteiger charge is 2.34. The molecule has 1 aromatic carbocycles. The molecule has 1 aromatic rings. The molecular formula is C14H18FNO3. The molecule has 1 saturated heterocycles. The lowest BCUT2D eigenvalue weighted by atomic mass is 9.85. The van der Waals surface area contributed by atoms with Crippen LogP contribution in [0.15, 0.2) is 18.2 Å². The second-order valence-corrected chi connectivity index (χ2v) is 5.02. The average Bonchev–Trinajstić information content (AvgIpc) is 2.75. The van der Waals surface area contributed by atoms with Gasteiger partial charge in [0.2, 0.25) is 0 Å². The quantitative estimate of drug-likeness (QED) is 0.906. The van der Waals surface area contributed by atoms with E-state index in [1.807, 2.05) is 7.05 Å². The number of rotatable bonds is 4. The number of aliphatic carboxylic acids is 1. The highest BCUT2D eigenvalue weighted by Crippen LogP contribution is 2.33. The Kier molecular flexibility index (Phi) is 4.04. The van der Waals surface area contributed by atoms with Gasteiger partial charge in [0.1, 0.15) is 0 Å². The van der Waals surface area contributed by atoms with E-state index in [1.165, 1.54) is 19.2 Å². The van der Waals surface area contributed by atoms with Crippen molar-refractivity contribution in [3.8, 4) is 5.75 Å². The van der Waals surface area contributed by atoms with Gasteiger partial charge in [0, 0.05) is 6.54 Å². The van der Waals surface area contributed by atoms with Crippen LogP contribution in [0.25, 0.3) is 0 Å². The fraction of sp³-hybridized carbons (Fsp3) is 0.500. The van der Waals surface area contributed by atoms with Gasteiger partial charge in [-0.1, -0.05) is 6.07 Å². The Hall–Kier alpha value is -1.62. The van der Waals surface area contributed by atoms with Crippen molar-refractivity contribution in [2.45, 2.75) is 12.3 Å². The summed E-state index contributed by atoms with van der Waals surface area (Å²) in [6, 6.07) is 4.40. The molecule has 1 aliphatic rings. The molecule has 1 aliphatic heterocycles. The van der Waals surface area contributed by atoms with Gasteiger partial charge < -0.3 is 14.7 Å². The Balaban J connectivity index is 2.29. The molecule has 4 nitrogen and oxygen atoms in total. The van der Waals surface area contributed by atoms with E-state index < -0.39 is 17.7 Å². The normalized spacial score (nSPS) is 21.3. The zero-order valence-electron chi connectivity index (χ0n) is 11.1. The smallest absolute Gasteiger partial charge is 0.311 e. The van der Waals surface area contributed by atoms with E-state index in [0.29, 0.717) is 5.56 Å². The number of carboxylic acid groups (broad SMARTS) is 1. The largest absolute Gasteiger partial charge is 0.494 e. The Bertz CT molecular complexity index is 478. The van der Waals surface area contributed by atoms with Crippen LogP contribution in [0.4, 0.5) is 4.39 Å². The monoisotopic (exact) mass is 267 g/mol. The van der Waals surface area contributed by atoms with Crippen molar-refractivity contribution in [1.29, 1.82) is 0 Å². The molecule has 2 unspecified atom stereocenters. The van der Waals surface area contributed by atoms with Crippen molar-refractivity contribution < 1.29 is 19.0 Å². The minimum absolute atomic E-state index is 0.0234. The summed E-state index contributed by atoms with van der Waals surface area (Å²) >= 11 is 0. The Labute approximate surface area is 111 Å². The zero-order chi connectivity index (χ0) is 14.0. The maximum absolute atomic E-state index is 13.7. The summed E-state index contributed by atoms with van der Waals surface area (Å²) in [5, 5.41) is 9.42. The molecule has 2 atom stereocenters. The van der Waals surface area contributed by atoms with E-state index >= 15 is 0 Å². The van der Waals surface area contributed by atoms with E-state index in [4.69, 9.17) is 4.74 Å². The summed E-state index contributed by atoms with van der Waals surface area (Å²) in [4.78, 5) is 13.6. The summed E-state index contributed by atoms with van der Waals surface area (Å²) in [7, 11) is 3.35. The Morgan fingerprint density at radius 1 is 1.58 bits per heavy atom. The molecule has 0 aliphatic carbocycles. The van der Waals surface area contributed by atoms with Crippen LogP contribution in [-0.4, -0.2) is 43.2 Å². The predicted molar refractivity (Wildman–Crippen MR) is 68.9 cm³/mol. The molecule has 1 N–H and O–H groups in total. The van der Waals surface area contributed by atoms with Gasteiger partial charge in [-0.05, 0) is 43.6 Å². The first-order valence-corrected chi connectivity index (χ1v) is 6.27. The van der Waals surface area contributed by atoms with Crippen LogP contribution >= 0.6 is 0 Å². The lowest BCUT2D eigenvalue weighted by Gasteiger charge is -2.20. The van der Waals surface area contributed by atoms with Crippen molar-refractivity contribution in [2.24, 2.45) is 5.92 Å². The van der Waals surface area contributed by atoms with E-state index in [-0.39, 0.29) is 11.7 Å². The highest BCUT2D eigenvalue weighted by atomic mass is 19.1. The highest BCUT2D eigenvalue weighted by molar-refractivity contribution is 5.76. The van der Waals surface area contributed by atoms with E-state index in [0.717, 1.165) is 19.5 Å². The molecule has 1 fully saturated rings. The van der Waals surface area contributed by atoms with Crippen LogP contribution in [0.5, 0.6) is 5.75 Å². The number of carboxylic acids is 1. The van der Waals surface area contributed by atoms with Gasteiger partial charge in [0.05, 0.1) is 13.0 Å². The summed E-state index contributed by atoms with van der Waals surface area (Å²) in [6.45, 7) is 1.61. The molecule has 5 heteroatoms. The standard InChI is InChI=1S/C14H18FNO3/c1-16-6-5-10(8-16)13(14(17)18)9-3-4-12(19-2)11(15)7-9/h3-4,7,10,13H,5-6,8H2,1-2H3,(H,17,18). The summed E-state index contributed by atoms with van der Waals surface area (Å²) in [6.07, 6.45) is 0.821. The molecule has 0 amide bonds. The van der Waals surface area contributed by atoms with Gasteiger partial charge in [-0.25, -0.2) is 4.39 Å². The number of carbonyl (C=O) groups is 1. The zero-order valence-corrected chi connectivity index (χ0v) is 11.1. The molecule has 0 radical (unpaired) electrons. The van der Waals surface area contributed by atoms with Crippen molar-refractivity contribution in [3.05, 3.63) is 29.6 Å². The second kappa shape index (κ2) is 5.57. The number of nitrogens with zero attached hydrogens (tertiary/aromatic N) is 1. The second-order valence-electron chi connectivity index (χ2n) is 5.02. The van der Waals surface area contributed by atoms with Crippen LogP contribution in [0.1, 0.15) is 17.9 Å². The predicted octanol–water partition coefficient (Wildman–Crippen LogP) is 1.95. The first kappa shape index (κ1) is 13.8. The van der Waals surface area contributed by atoms with E-state index in [2.05, 4.69) is 4.90 Å². The lowest BCUT2D eigenvalue weighted by Crippen LogP contribution is -2.24. The van der Waals surface area contributed by atoms with Gasteiger partial charge in [0.15, 0.2) is 11.6 Å². The van der Waals surface area contributed by atoms with E-state index in [9.17, 15) is 14.3 Å². The molecule has 0 saturated carbocycles. The van der Waals surface area contributed by atoms with Crippen LogP contribution in [0.2, 0.25) is 0 Å². The third kappa shape index (κ3) is 2.87. The van der Waals surface area contributed by atoms with Crippen molar-refractivity contribution >= 4 is 5.97 Å². The van der Waals surface area contributed by atoms with Gasteiger partial charge in [-0.15, -0.1) is 0 Å². The molecule has 0 aromatic heterocycles. The lowest BCUT2D eigenvalue weighted by molar-refractivity contribution is -0.140. The summed E-state index contributed by atoms with van der Waals surface area (Å²) in [5.74, 6) is -1.92. The molecule has 1 heterocycles. The number of hydrogen-bond donors (Lipinski definition) is 1. The topological polar surface area (TPSA) is 49.8 Å². The van der Waals surface area contributed by atoms with Crippen LogP contribution < -0.4 is 4.74 Å². The van der Waals surface area contributed by atoms with E-state index in [1.54, 1.807) is 6.07 Å². The summed E-state index contributed by atoms with van der Waals surface area (Å²) < 4.78 is 18.6. The number of benzene rings is 1. The van der Waals surface area contributed by atoms with Gasteiger partial charge in [-0.3, -0.25) is 4.79 Å². The number of likely N-dealkylation sites (tertiary alicyclic amines) is 1. The minimum atomic E-state index is -0.898. The van der Waals surface area contributed by atoms with Crippen LogP contribution in [0.3, 0.4) is 0 Å². The van der Waals surface area contributed by atoms with Crippen LogP contribution in [0, 0.1) is 11.7 Å². The molecule has 0 spiro atoms. The number of hydrogen-bond acceptors (Lipinski definition) is 3. The fourth-order valence-corrected chi connectivity index (χ4v) is 2.73. The van der Waals surface area contributed by atoms with Crippen LogP contribution in [-0.2, 0) is 4.79 Å². The SMILES string of the molecule is COc1ccc(C(C(=O)O)C2CCN(C)C2)cc1F. The third-order valence-corrected chi connectivity index (χ3v) is 3.70. The molecule has 19 heavy (non-hydrogen) atoms. The Morgan fingerprint density at radius 3 is 2.79 bits per heavy atom. The maximum Gasteiger partial charge on any atom is 0.311 e. The summed E-state index contributed by atoms with van der Waals surface area (Å²) in [5.41, 5.74) is 0.506. The maximum atomic E-state index is 13.7. The fourth-order valence-electron chi connectivity index (χ4n) is 2.73. The van der Waals surface area contributed by atoms with Gasteiger partial charge in [-0.2, -0.15) is 0 Å². The van der Waals surface area contributed by atoms with Crippen molar-refractivity contribution in [3.63, 3.8) is 0 Å². The first-order valence-electron chi connectivity index (χ1n) is 6.27. The van der Waals surface area contributed by atoms with Gasteiger partial charge in [0.25, 0.3) is 0 Å². The Morgan fingerprint density at radius 2 is 2.32 bits per heavy atom. The molecule has 0 bridgehead atoms. The molecule has 104 valence electrons. The molecular weight excluding hydrogens is 249 g/mol. The van der Waals surface area contributed by atoms with Gasteiger partial charge >= 0.3 is 5.97 Å². The minimum Gasteiger partial charge on any atom is -0.494 e. The average molecular weight is 267 g/mol. The molecule has 2 rings (SSSR count). The number of ether oxygens (including phenoxy) is 1. The third-order valence-electron chi connectivity index (χ3n) is 3.70. The van der Waals surface area contributed by atoms with Crippen molar-refractivity contribution in [2.75, 3.05) is 27.2 Å². The van der Waals surface area contributed by atoms with Crippen molar-refractivity contribution in [1.82, 2.24) is 4.90 Å².